The molecule has 0 unspecified atom stereocenters. The molecule has 0 spiro atoms. The van der Waals surface area contributed by atoms with Crippen LogP contribution >= 0.6 is 0 Å². The molecule has 0 bridgehead atoms. The summed E-state index contributed by atoms with van der Waals surface area (Å²) in [5.74, 6) is 1.16. The van der Waals surface area contributed by atoms with E-state index >= 15 is 0 Å². The van der Waals surface area contributed by atoms with E-state index < -0.39 is 0 Å². The van der Waals surface area contributed by atoms with Crippen LogP contribution < -0.4 is 5.73 Å². The SMILES string of the molecule is CCn1c(CCN)cnc1C(C)(C)C. The van der Waals surface area contributed by atoms with E-state index in [2.05, 4.69) is 37.2 Å². The van der Waals surface area contributed by atoms with Crippen LogP contribution in [0.4, 0.5) is 0 Å². The summed E-state index contributed by atoms with van der Waals surface area (Å²) in [6.07, 6.45) is 2.87. The molecule has 0 radical (unpaired) electrons. The molecule has 1 heterocycles. The van der Waals surface area contributed by atoms with E-state index in [1.165, 1.54) is 5.69 Å². The van der Waals surface area contributed by atoms with Gasteiger partial charge in [0.05, 0.1) is 0 Å². The second-order valence-corrected chi connectivity index (χ2v) is 4.61. The number of imidazole rings is 1. The molecule has 2 N–H and O–H groups in total. The Labute approximate surface area is 86.3 Å². The van der Waals surface area contributed by atoms with E-state index in [1.807, 2.05) is 6.20 Å². The van der Waals surface area contributed by atoms with Gasteiger partial charge in [-0.2, -0.15) is 0 Å². The number of rotatable bonds is 3. The maximum Gasteiger partial charge on any atom is 0.114 e. The molecule has 3 nitrogen and oxygen atoms in total. The van der Waals surface area contributed by atoms with Crippen LogP contribution in [0.1, 0.15) is 39.2 Å². The largest absolute Gasteiger partial charge is 0.332 e. The predicted octanol–water partition coefficient (Wildman–Crippen LogP) is 1.70. The van der Waals surface area contributed by atoms with Gasteiger partial charge in [0.15, 0.2) is 0 Å². The van der Waals surface area contributed by atoms with Crippen LogP contribution in [0.3, 0.4) is 0 Å². The molecule has 1 aromatic heterocycles. The van der Waals surface area contributed by atoms with Gasteiger partial charge < -0.3 is 10.3 Å². The molecule has 0 aliphatic rings. The van der Waals surface area contributed by atoms with Gasteiger partial charge in [0, 0.05) is 30.3 Å². The normalized spacial score (nSPS) is 12.1. The van der Waals surface area contributed by atoms with Crippen LogP contribution in [0.2, 0.25) is 0 Å². The molecule has 0 amide bonds. The summed E-state index contributed by atoms with van der Waals surface area (Å²) >= 11 is 0. The Morgan fingerprint density at radius 2 is 2.07 bits per heavy atom. The molecule has 0 aliphatic heterocycles. The Hall–Kier alpha value is -0.830. The molecule has 14 heavy (non-hydrogen) atoms. The minimum atomic E-state index is 0.114. The van der Waals surface area contributed by atoms with Gasteiger partial charge >= 0.3 is 0 Å². The van der Waals surface area contributed by atoms with Gasteiger partial charge in [0.1, 0.15) is 5.82 Å². The third-order valence-electron chi connectivity index (χ3n) is 2.33. The van der Waals surface area contributed by atoms with Crippen molar-refractivity contribution in [3.63, 3.8) is 0 Å². The third-order valence-corrected chi connectivity index (χ3v) is 2.33. The Kier molecular flexibility index (Phi) is 3.32. The van der Waals surface area contributed by atoms with Crippen molar-refractivity contribution < 1.29 is 0 Å². The van der Waals surface area contributed by atoms with Crippen molar-refractivity contribution in [3.8, 4) is 0 Å². The highest BCUT2D eigenvalue weighted by molar-refractivity contribution is 5.12. The van der Waals surface area contributed by atoms with Crippen molar-refractivity contribution in [2.75, 3.05) is 6.54 Å². The van der Waals surface area contributed by atoms with Gasteiger partial charge in [-0.3, -0.25) is 0 Å². The third kappa shape index (κ3) is 2.15. The Balaban J connectivity index is 3.07. The number of nitrogens with zero attached hydrogens (tertiary/aromatic N) is 2. The molecule has 0 aromatic carbocycles. The summed E-state index contributed by atoms with van der Waals surface area (Å²) in [6, 6.07) is 0. The molecule has 80 valence electrons. The maximum atomic E-state index is 5.56. The lowest BCUT2D eigenvalue weighted by atomic mass is 9.95. The average molecular weight is 195 g/mol. The molecule has 0 atom stereocenters. The average Bonchev–Trinajstić information content (AvgIpc) is 2.47. The predicted molar refractivity (Wildman–Crippen MR) is 59.4 cm³/mol. The molecular weight excluding hydrogens is 174 g/mol. The molecular formula is C11H21N3. The zero-order chi connectivity index (χ0) is 10.8. The van der Waals surface area contributed by atoms with Gasteiger partial charge in [0.25, 0.3) is 0 Å². The van der Waals surface area contributed by atoms with E-state index in [0.717, 1.165) is 18.8 Å². The van der Waals surface area contributed by atoms with Crippen molar-refractivity contribution in [2.45, 2.75) is 46.1 Å². The Bertz CT molecular complexity index is 294. The summed E-state index contributed by atoms with van der Waals surface area (Å²) in [6.45, 7) is 10.4. The molecule has 0 saturated heterocycles. The number of hydrogen-bond donors (Lipinski definition) is 1. The van der Waals surface area contributed by atoms with Crippen LogP contribution in [0, 0.1) is 0 Å². The van der Waals surface area contributed by atoms with Crippen molar-refractivity contribution in [1.82, 2.24) is 9.55 Å². The van der Waals surface area contributed by atoms with Crippen molar-refractivity contribution >= 4 is 0 Å². The molecule has 0 fully saturated rings. The van der Waals surface area contributed by atoms with Crippen molar-refractivity contribution in [1.29, 1.82) is 0 Å². The molecule has 0 aliphatic carbocycles. The first-order valence-electron chi connectivity index (χ1n) is 5.25. The maximum absolute atomic E-state index is 5.56. The smallest absolute Gasteiger partial charge is 0.114 e. The minimum Gasteiger partial charge on any atom is -0.332 e. The van der Waals surface area contributed by atoms with Crippen molar-refractivity contribution in [3.05, 3.63) is 17.7 Å². The fraction of sp³-hybridized carbons (Fsp3) is 0.727. The molecule has 1 rings (SSSR count). The lowest BCUT2D eigenvalue weighted by Gasteiger charge is -2.20. The van der Waals surface area contributed by atoms with Crippen LogP contribution in [0.25, 0.3) is 0 Å². The Morgan fingerprint density at radius 1 is 1.43 bits per heavy atom. The van der Waals surface area contributed by atoms with Crippen LogP contribution in [0.15, 0.2) is 6.20 Å². The van der Waals surface area contributed by atoms with E-state index in [4.69, 9.17) is 5.73 Å². The Morgan fingerprint density at radius 3 is 2.50 bits per heavy atom. The zero-order valence-electron chi connectivity index (χ0n) is 9.67. The first-order valence-corrected chi connectivity index (χ1v) is 5.25. The number of nitrogens with two attached hydrogens (primary N) is 1. The minimum absolute atomic E-state index is 0.114. The first-order chi connectivity index (χ1) is 6.50. The first kappa shape index (κ1) is 11.2. The highest BCUT2D eigenvalue weighted by Gasteiger charge is 2.21. The molecule has 0 saturated carbocycles. The zero-order valence-corrected chi connectivity index (χ0v) is 9.67. The van der Waals surface area contributed by atoms with Crippen LogP contribution in [0.5, 0.6) is 0 Å². The number of aromatic nitrogens is 2. The second kappa shape index (κ2) is 4.13. The number of hydrogen-bond acceptors (Lipinski definition) is 2. The summed E-state index contributed by atoms with van der Waals surface area (Å²) in [7, 11) is 0. The van der Waals surface area contributed by atoms with Gasteiger partial charge in [0.2, 0.25) is 0 Å². The summed E-state index contributed by atoms with van der Waals surface area (Å²) < 4.78 is 2.27. The summed E-state index contributed by atoms with van der Waals surface area (Å²) in [5, 5.41) is 0. The highest BCUT2D eigenvalue weighted by Crippen LogP contribution is 2.22. The lowest BCUT2D eigenvalue weighted by molar-refractivity contribution is 0.499. The second-order valence-electron chi connectivity index (χ2n) is 4.61. The van der Waals surface area contributed by atoms with E-state index in [-0.39, 0.29) is 5.41 Å². The standard InChI is InChI=1S/C11H21N3/c1-5-14-9(6-7-12)8-13-10(14)11(2,3)4/h8H,5-7,12H2,1-4H3. The quantitative estimate of drug-likeness (QED) is 0.797. The van der Waals surface area contributed by atoms with E-state index in [1.54, 1.807) is 0 Å². The monoisotopic (exact) mass is 195 g/mol. The fourth-order valence-corrected chi connectivity index (χ4v) is 1.71. The molecule has 1 aromatic rings. The lowest BCUT2D eigenvalue weighted by Crippen LogP contribution is -2.20. The van der Waals surface area contributed by atoms with Gasteiger partial charge in [-0.05, 0) is 13.5 Å². The van der Waals surface area contributed by atoms with Gasteiger partial charge in [-0.25, -0.2) is 4.98 Å². The highest BCUT2D eigenvalue weighted by atomic mass is 15.1. The molecule has 3 heteroatoms. The summed E-state index contributed by atoms with van der Waals surface area (Å²) in [4.78, 5) is 4.48. The summed E-state index contributed by atoms with van der Waals surface area (Å²) in [5.41, 5.74) is 6.93. The topological polar surface area (TPSA) is 43.8 Å². The van der Waals surface area contributed by atoms with Gasteiger partial charge in [-0.1, -0.05) is 20.8 Å². The van der Waals surface area contributed by atoms with Gasteiger partial charge in [-0.15, -0.1) is 0 Å². The van der Waals surface area contributed by atoms with E-state index in [9.17, 15) is 0 Å². The fourth-order valence-electron chi connectivity index (χ4n) is 1.71. The van der Waals surface area contributed by atoms with Crippen LogP contribution in [-0.4, -0.2) is 16.1 Å². The van der Waals surface area contributed by atoms with E-state index in [0.29, 0.717) is 6.54 Å². The van der Waals surface area contributed by atoms with Crippen molar-refractivity contribution in [2.24, 2.45) is 5.73 Å². The van der Waals surface area contributed by atoms with Crippen LogP contribution in [-0.2, 0) is 18.4 Å².